The quantitative estimate of drug-likeness (QED) is 0.786. The molecule has 2 aromatic rings. The Bertz CT molecular complexity index is 691. The normalized spacial score (nSPS) is 11.5. The molecule has 0 aliphatic rings. The highest BCUT2D eigenvalue weighted by Crippen LogP contribution is 2.26. The van der Waals surface area contributed by atoms with Crippen LogP contribution in [0.5, 0.6) is 5.75 Å². The molecule has 0 aliphatic heterocycles. The topological polar surface area (TPSA) is 50.1 Å². The molecule has 2 aromatic carbocycles. The van der Waals surface area contributed by atoms with Gasteiger partial charge < -0.3 is 4.74 Å². The van der Waals surface area contributed by atoms with E-state index in [9.17, 15) is 14.4 Å². The van der Waals surface area contributed by atoms with Gasteiger partial charge in [0.05, 0.1) is 18.2 Å². The lowest BCUT2D eigenvalue weighted by molar-refractivity contribution is 0.0975. The van der Waals surface area contributed by atoms with Crippen molar-refractivity contribution in [1.29, 1.82) is 5.26 Å². The van der Waals surface area contributed by atoms with Crippen LogP contribution in [0.1, 0.15) is 28.8 Å². The SMILES string of the molecule is CCOc1ccccc1C(=O)C(C#N)c1cccc(F)c1. The maximum absolute atomic E-state index is 13.3. The van der Waals surface area contributed by atoms with Gasteiger partial charge in [0.15, 0.2) is 5.78 Å². The van der Waals surface area contributed by atoms with Gasteiger partial charge in [-0.15, -0.1) is 0 Å². The van der Waals surface area contributed by atoms with E-state index < -0.39 is 17.5 Å². The minimum atomic E-state index is -1.05. The number of nitriles is 1. The number of halogens is 1. The number of Topliss-reactive ketones (excluding diaryl/α,β-unsaturated/α-hetero) is 1. The molecule has 0 spiro atoms. The van der Waals surface area contributed by atoms with E-state index in [1.807, 2.05) is 13.0 Å². The summed E-state index contributed by atoms with van der Waals surface area (Å²) in [5.41, 5.74) is 0.670. The maximum atomic E-state index is 13.3. The van der Waals surface area contributed by atoms with Gasteiger partial charge in [-0.05, 0) is 36.8 Å². The second-order valence-electron chi connectivity index (χ2n) is 4.41. The molecular weight excluding hydrogens is 269 g/mol. The molecule has 0 fully saturated rings. The number of benzene rings is 2. The van der Waals surface area contributed by atoms with E-state index in [1.54, 1.807) is 30.3 Å². The predicted molar refractivity (Wildman–Crippen MR) is 76.7 cm³/mol. The Morgan fingerprint density at radius 2 is 2.05 bits per heavy atom. The molecular formula is C17H14FNO2. The summed E-state index contributed by atoms with van der Waals surface area (Å²) in [5, 5.41) is 9.29. The zero-order valence-electron chi connectivity index (χ0n) is 11.5. The lowest BCUT2D eigenvalue weighted by Crippen LogP contribution is -2.13. The number of para-hydroxylation sites is 1. The standard InChI is InChI=1S/C17H14FNO2/c1-2-21-16-9-4-3-8-14(16)17(20)15(11-19)12-6-5-7-13(18)10-12/h3-10,15H,2H2,1H3. The van der Waals surface area contributed by atoms with Crippen LogP contribution in [-0.2, 0) is 0 Å². The van der Waals surface area contributed by atoms with Gasteiger partial charge in [0, 0.05) is 0 Å². The Hall–Kier alpha value is -2.67. The van der Waals surface area contributed by atoms with E-state index in [0.29, 0.717) is 23.5 Å². The average molecular weight is 283 g/mol. The minimum Gasteiger partial charge on any atom is -0.493 e. The van der Waals surface area contributed by atoms with E-state index in [-0.39, 0.29) is 0 Å². The second kappa shape index (κ2) is 6.67. The molecule has 0 bridgehead atoms. The number of ketones is 1. The van der Waals surface area contributed by atoms with Crippen molar-refractivity contribution < 1.29 is 13.9 Å². The van der Waals surface area contributed by atoms with Gasteiger partial charge in [-0.25, -0.2) is 4.39 Å². The van der Waals surface area contributed by atoms with E-state index >= 15 is 0 Å². The minimum absolute atomic E-state index is 0.329. The maximum Gasteiger partial charge on any atom is 0.188 e. The van der Waals surface area contributed by atoms with Crippen molar-refractivity contribution >= 4 is 5.78 Å². The summed E-state index contributed by atoms with van der Waals surface area (Å²) >= 11 is 0. The number of carbonyl (C=O) groups excluding carboxylic acids is 1. The summed E-state index contributed by atoms with van der Waals surface area (Å²) in [5.74, 6) is -1.49. The van der Waals surface area contributed by atoms with E-state index in [0.717, 1.165) is 0 Å². The Morgan fingerprint density at radius 1 is 1.29 bits per heavy atom. The van der Waals surface area contributed by atoms with Crippen LogP contribution in [0.4, 0.5) is 4.39 Å². The van der Waals surface area contributed by atoms with Gasteiger partial charge in [0.2, 0.25) is 0 Å². The third-order valence-corrected chi connectivity index (χ3v) is 3.03. The fourth-order valence-electron chi connectivity index (χ4n) is 2.08. The molecule has 3 nitrogen and oxygen atoms in total. The second-order valence-corrected chi connectivity index (χ2v) is 4.41. The van der Waals surface area contributed by atoms with Crippen LogP contribution in [0, 0.1) is 17.1 Å². The monoisotopic (exact) mass is 283 g/mol. The molecule has 1 unspecified atom stereocenters. The zero-order valence-corrected chi connectivity index (χ0v) is 11.5. The average Bonchev–Trinajstić information content (AvgIpc) is 2.49. The van der Waals surface area contributed by atoms with Crippen LogP contribution >= 0.6 is 0 Å². The number of rotatable bonds is 5. The van der Waals surface area contributed by atoms with Crippen LogP contribution in [0.2, 0.25) is 0 Å². The van der Waals surface area contributed by atoms with Gasteiger partial charge in [-0.3, -0.25) is 4.79 Å². The molecule has 0 saturated carbocycles. The van der Waals surface area contributed by atoms with Crippen LogP contribution in [-0.4, -0.2) is 12.4 Å². The smallest absolute Gasteiger partial charge is 0.188 e. The predicted octanol–water partition coefficient (Wildman–Crippen LogP) is 3.71. The summed E-state index contributed by atoms with van der Waals surface area (Å²) in [4.78, 5) is 12.6. The molecule has 0 amide bonds. The Labute approximate surface area is 122 Å². The number of carbonyl (C=O) groups is 1. The first-order chi connectivity index (χ1) is 10.2. The molecule has 0 saturated heterocycles. The third kappa shape index (κ3) is 3.26. The van der Waals surface area contributed by atoms with Gasteiger partial charge in [-0.2, -0.15) is 5.26 Å². The van der Waals surface area contributed by atoms with Gasteiger partial charge in [0.25, 0.3) is 0 Å². The molecule has 21 heavy (non-hydrogen) atoms. The number of hydrogen-bond acceptors (Lipinski definition) is 3. The molecule has 0 N–H and O–H groups in total. The number of ether oxygens (including phenoxy) is 1. The highest BCUT2D eigenvalue weighted by Gasteiger charge is 2.24. The Kier molecular flexibility index (Phi) is 4.68. The summed E-state index contributed by atoms with van der Waals surface area (Å²) in [6.07, 6.45) is 0. The Morgan fingerprint density at radius 3 is 2.71 bits per heavy atom. The fourth-order valence-corrected chi connectivity index (χ4v) is 2.08. The van der Waals surface area contributed by atoms with Crippen molar-refractivity contribution in [3.05, 3.63) is 65.5 Å². The van der Waals surface area contributed by atoms with Crippen molar-refractivity contribution in [2.24, 2.45) is 0 Å². The number of hydrogen-bond donors (Lipinski definition) is 0. The third-order valence-electron chi connectivity index (χ3n) is 3.03. The first-order valence-electron chi connectivity index (χ1n) is 6.58. The summed E-state index contributed by atoms with van der Waals surface area (Å²) in [6.45, 7) is 2.23. The van der Waals surface area contributed by atoms with Crippen molar-refractivity contribution in [3.8, 4) is 11.8 Å². The molecule has 1 atom stereocenters. The van der Waals surface area contributed by atoms with E-state index in [1.165, 1.54) is 18.2 Å². The molecule has 0 heterocycles. The van der Waals surface area contributed by atoms with Crippen LogP contribution in [0.3, 0.4) is 0 Å². The molecule has 106 valence electrons. The lowest BCUT2D eigenvalue weighted by atomic mass is 9.91. The van der Waals surface area contributed by atoms with Crippen molar-refractivity contribution in [1.82, 2.24) is 0 Å². The molecule has 0 aliphatic carbocycles. The molecule has 0 radical (unpaired) electrons. The first-order valence-corrected chi connectivity index (χ1v) is 6.58. The van der Waals surface area contributed by atoms with Crippen molar-refractivity contribution in [2.45, 2.75) is 12.8 Å². The van der Waals surface area contributed by atoms with Crippen LogP contribution < -0.4 is 4.74 Å². The van der Waals surface area contributed by atoms with Crippen molar-refractivity contribution in [3.63, 3.8) is 0 Å². The van der Waals surface area contributed by atoms with Gasteiger partial charge >= 0.3 is 0 Å². The van der Waals surface area contributed by atoms with Crippen LogP contribution in [0.25, 0.3) is 0 Å². The number of nitrogens with zero attached hydrogens (tertiary/aromatic N) is 1. The fraction of sp³-hybridized carbons (Fsp3) is 0.176. The zero-order chi connectivity index (χ0) is 15.2. The van der Waals surface area contributed by atoms with E-state index in [4.69, 9.17) is 4.74 Å². The molecule has 0 aromatic heterocycles. The van der Waals surface area contributed by atoms with Gasteiger partial charge in [-0.1, -0.05) is 24.3 Å². The molecule has 4 heteroatoms. The van der Waals surface area contributed by atoms with Crippen molar-refractivity contribution in [2.75, 3.05) is 6.61 Å². The Balaban J connectivity index is 2.40. The highest BCUT2D eigenvalue weighted by molar-refractivity contribution is 6.04. The van der Waals surface area contributed by atoms with Gasteiger partial charge in [0.1, 0.15) is 17.5 Å². The molecule has 2 rings (SSSR count). The summed E-state index contributed by atoms with van der Waals surface area (Å²) < 4.78 is 18.7. The van der Waals surface area contributed by atoms with E-state index in [2.05, 4.69) is 0 Å². The first kappa shape index (κ1) is 14.7. The summed E-state index contributed by atoms with van der Waals surface area (Å²) in [6, 6.07) is 14.2. The lowest BCUT2D eigenvalue weighted by Gasteiger charge is -2.12. The highest BCUT2D eigenvalue weighted by atomic mass is 19.1. The largest absolute Gasteiger partial charge is 0.493 e. The van der Waals surface area contributed by atoms with Crippen LogP contribution in [0.15, 0.2) is 48.5 Å². The summed E-state index contributed by atoms with van der Waals surface area (Å²) in [7, 11) is 0.